The fraction of sp³-hybridized carbons (Fsp3) is 0.429. The van der Waals surface area contributed by atoms with Gasteiger partial charge < -0.3 is 15.6 Å². The summed E-state index contributed by atoms with van der Waals surface area (Å²) in [6.07, 6.45) is -0.287. The van der Waals surface area contributed by atoms with Crippen molar-refractivity contribution in [2.75, 3.05) is 7.11 Å². The van der Waals surface area contributed by atoms with E-state index in [2.05, 4.69) is 15.6 Å². The lowest BCUT2D eigenvalue weighted by Gasteiger charge is -2.00. The van der Waals surface area contributed by atoms with Gasteiger partial charge in [0.05, 0.1) is 13.5 Å². The molecule has 0 bridgehead atoms. The molecule has 8 heteroatoms. The SMILES string of the molecule is COC(=O)CC/C(=N\NC(N)=O)C(=O)O. The maximum absolute atomic E-state index is 10.7. The summed E-state index contributed by atoms with van der Waals surface area (Å²) in [5.41, 5.74) is 6.07. The number of urea groups is 1. The number of rotatable bonds is 5. The number of esters is 1. The summed E-state index contributed by atoms with van der Waals surface area (Å²) in [6.45, 7) is 0. The molecule has 0 rings (SSSR count). The average molecular weight is 217 g/mol. The van der Waals surface area contributed by atoms with E-state index in [1.807, 2.05) is 0 Å². The maximum atomic E-state index is 10.7. The van der Waals surface area contributed by atoms with Crippen molar-refractivity contribution >= 4 is 23.7 Å². The molecule has 0 saturated heterocycles. The molecule has 4 N–H and O–H groups in total. The zero-order valence-corrected chi connectivity index (χ0v) is 8.02. The number of ether oxygens (including phenoxy) is 1. The van der Waals surface area contributed by atoms with Crippen LogP contribution in [0, 0.1) is 0 Å². The lowest BCUT2D eigenvalue weighted by atomic mass is 10.2. The molecular weight excluding hydrogens is 206 g/mol. The Balaban J connectivity index is 4.28. The second-order valence-electron chi connectivity index (χ2n) is 2.42. The highest BCUT2D eigenvalue weighted by molar-refractivity contribution is 6.35. The minimum atomic E-state index is -1.34. The van der Waals surface area contributed by atoms with Gasteiger partial charge >= 0.3 is 18.0 Å². The lowest BCUT2D eigenvalue weighted by Crippen LogP contribution is -2.28. The first-order valence-electron chi connectivity index (χ1n) is 3.89. The van der Waals surface area contributed by atoms with Crippen LogP contribution in [0.4, 0.5) is 4.79 Å². The van der Waals surface area contributed by atoms with Gasteiger partial charge in [0.25, 0.3) is 0 Å². The van der Waals surface area contributed by atoms with Gasteiger partial charge in [-0.25, -0.2) is 15.0 Å². The molecule has 0 aliphatic rings. The Morgan fingerprint density at radius 2 is 2.00 bits per heavy atom. The minimum absolute atomic E-state index is 0.137. The molecule has 0 saturated carbocycles. The van der Waals surface area contributed by atoms with E-state index in [-0.39, 0.29) is 18.6 Å². The van der Waals surface area contributed by atoms with Crippen LogP contribution in [0.2, 0.25) is 0 Å². The zero-order valence-electron chi connectivity index (χ0n) is 8.02. The fourth-order valence-electron chi connectivity index (χ4n) is 0.656. The first kappa shape index (κ1) is 12.9. The number of nitrogens with zero attached hydrogens (tertiary/aromatic N) is 1. The predicted molar refractivity (Wildman–Crippen MR) is 49.0 cm³/mol. The third-order valence-corrected chi connectivity index (χ3v) is 1.34. The highest BCUT2D eigenvalue weighted by atomic mass is 16.5. The number of carbonyl (C=O) groups excluding carboxylic acids is 2. The highest BCUT2D eigenvalue weighted by Gasteiger charge is 2.12. The van der Waals surface area contributed by atoms with Crippen LogP contribution in [-0.2, 0) is 14.3 Å². The molecule has 0 aliphatic heterocycles. The van der Waals surface area contributed by atoms with Gasteiger partial charge in [0.2, 0.25) is 0 Å². The summed E-state index contributed by atoms with van der Waals surface area (Å²) in [7, 11) is 1.18. The number of hydrazone groups is 1. The van der Waals surface area contributed by atoms with Gasteiger partial charge in [-0.05, 0) is 0 Å². The van der Waals surface area contributed by atoms with Crippen LogP contribution in [0.3, 0.4) is 0 Å². The number of nitrogens with two attached hydrogens (primary N) is 1. The predicted octanol–water partition coefficient (Wildman–Crippen LogP) is -0.951. The highest BCUT2D eigenvalue weighted by Crippen LogP contribution is 1.95. The first-order valence-corrected chi connectivity index (χ1v) is 3.89. The van der Waals surface area contributed by atoms with Gasteiger partial charge in [-0.1, -0.05) is 0 Å². The molecule has 2 amide bonds. The van der Waals surface area contributed by atoms with Gasteiger partial charge in [-0.15, -0.1) is 0 Å². The van der Waals surface area contributed by atoms with Gasteiger partial charge in [0.15, 0.2) is 0 Å². The molecule has 8 nitrogen and oxygen atoms in total. The Hall–Kier alpha value is -2.12. The third-order valence-electron chi connectivity index (χ3n) is 1.34. The minimum Gasteiger partial charge on any atom is -0.477 e. The van der Waals surface area contributed by atoms with Gasteiger partial charge in [0.1, 0.15) is 5.71 Å². The zero-order chi connectivity index (χ0) is 11.8. The topological polar surface area (TPSA) is 131 Å². The summed E-state index contributed by atoms with van der Waals surface area (Å²) in [4.78, 5) is 31.5. The molecule has 84 valence electrons. The number of methoxy groups -OCH3 is 1. The average Bonchev–Trinajstić information content (AvgIpc) is 2.16. The number of nitrogens with one attached hydrogen (secondary N) is 1. The van der Waals surface area contributed by atoms with Crippen molar-refractivity contribution in [3.05, 3.63) is 0 Å². The van der Waals surface area contributed by atoms with Crippen molar-refractivity contribution in [2.24, 2.45) is 10.8 Å². The summed E-state index contributed by atoms with van der Waals surface area (Å²) < 4.78 is 4.31. The molecule has 0 radical (unpaired) electrons. The normalized spacial score (nSPS) is 10.6. The standard InChI is InChI=1S/C7H11N3O5/c1-15-5(11)3-2-4(6(12)13)9-10-7(8)14/h2-3H2,1H3,(H,12,13)(H3,8,10,14)/b9-4+. The van der Waals surface area contributed by atoms with Gasteiger partial charge in [-0.2, -0.15) is 5.10 Å². The Morgan fingerprint density at radius 3 is 2.40 bits per heavy atom. The summed E-state index contributed by atoms with van der Waals surface area (Å²) >= 11 is 0. The smallest absolute Gasteiger partial charge is 0.352 e. The number of hydrogen-bond donors (Lipinski definition) is 3. The lowest BCUT2D eigenvalue weighted by molar-refractivity contribution is -0.140. The first-order chi connectivity index (χ1) is 6.97. The van der Waals surface area contributed by atoms with Crippen molar-refractivity contribution in [3.63, 3.8) is 0 Å². The number of hydrogen-bond acceptors (Lipinski definition) is 5. The maximum Gasteiger partial charge on any atom is 0.352 e. The molecule has 0 aromatic heterocycles. The van der Waals surface area contributed by atoms with E-state index in [0.29, 0.717) is 0 Å². The van der Waals surface area contributed by atoms with Crippen LogP contribution in [0.1, 0.15) is 12.8 Å². The molecular formula is C7H11N3O5. The Bertz CT molecular complexity index is 299. The largest absolute Gasteiger partial charge is 0.477 e. The second kappa shape index (κ2) is 6.35. The molecule has 0 unspecified atom stereocenters. The number of carboxylic acids is 1. The summed E-state index contributed by atoms with van der Waals surface area (Å²) in [6, 6.07) is -0.980. The Kier molecular flexibility index (Phi) is 5.45. The number of amides is 2. The molecule has 15 heavy (non-hydrogen) atoms. The molecule has 0 aromatic rings. The van der Waals surface area contributed by atoms with E-state index >= 15 is 0 Å². The van der Waals surface area contributed by atoms with Gasteiger partial charge in [0, 0.05) is 6.42 Å². The monoisotopic (exact) mass is 217 g/mol. The summed E-state index contributed by atoms with van der Waals surface area (Å²) in [5, 5.41) is 11.8. The third kappa shape index (κ3) is 6.02. The number of primary amides is 1. The van der Waals surface area contributed by atoms with E-state index in [4.69, 9.17) is 5.11 Å². The molecule has 0 aromatic carbocycles. The van der Waals surface area contributed by atoms with E-state index in [0.717, 1.165) is 0 Å². The molecule has 0 heterocycles. The van der Waals surface area contributed by atoms with Gasteiger partial charge in [-0.3, -0.25) is 4.79 Å². The van der Waals surface area contributed by atoms with E-state index in [1.54, 1.807) is 5.43 Å². The van der Waals surface area contributed by atoms with Crippen LogP contribution in [-0.4, -0.2) is 35.9 Å². The van der Waals surface area contributed by atoms with E-state index < -0.39 is 18.0 Å². The second-order valence-corrected chi connectivity index (χ2v) is 2.42. The number of aliphatic carboxylic acids is 1. The van der Waals surface area contributed by atoms with Crippen LogP contribution in [0.15, 0.2) is 5.10 Å². The van der Waals surface area contributed by atoms with Crippen LogP contribution < -0.4 is 11.2 Å². The quantitative estimate of drug-likeness (QED) is 0.310. The van der Waals surface area contributed by atoms with Crippen LogP contribution in [0.25, 0.3) is 0 Å². The van der Waals surface area contributed by atoms with Crippen molar-refractivity contribution in [2.45, 2.75) is 12.8 Å². The molecule has 0 fully saturated rings. The van der Waals surface area contributed by atoms with Crippen molar-refractivity contribution in [1.29, 1.82) is 0 Å². The van der Waals surface area contributed by atoms with E-state index in [1.165, 1.54) is 7.11 Å². The van der Waals surface area contributed by atoms with Crippen LogP contribution in [0.5, 0.6) is 0 Å². The van der Waals surface area contributed by atoms with Crippen LogP contribution >= 0.6 is 0 Å². The molecule has 0 atom stereocenters. The molecule has 0 spiro atoms. The Labute approximate surface area is 85.1 Å². The fourth-order valence-corrected chi connectivity index (χ4v) is 0.656. The van der Waals surface area contributed by atoms with E-state index in [9.17, 15) is 14.4 Å². The number of carboxylic acid groups (broad SMARTS) is 1. The van der Waals surface area contributed by atoms with Crippen molar-refractivity contribution < 1.29 is 24.2 Å². The molecule has 0 aliphatic carbocycles. The van der Waals surface area contributed by atoms with Crippen molar-refractivity contribution in [3.8, 4) is 0 Å². The summed E-state index contributed by atoms with van der Waals surface area (Å²) in [5.74, 6) is -1.91. The number of carbonyl (C=O) groups is 3. The Morgan fingerprint density at radius 1 is 1.40 bits per heavy atom. The van der Waals surface area contributed by atoms with Crippen molar-refractivity contribution in [1.82, 2.24) is 5.43 Å².